The summed E-state index contributed by atoms with van der Waals surface area (Å²) >= 11 is 0. The molecule has 1 saturated carbocycles. The van der Waals surface area contributed by atoms with Crippen LogP contribution in [0.3, 0.4) is 0 Å². The highest BCUT2D eigenvalue weighted by Gasteiger charge is 2.41. The van der Waals surface area contributed by atoms with E-state index in [2.05, 4.69) is 22.0 Å². The number of piperidine rings is 1. The summed E-state index contributed by atoms with van der Waals surface area (Å²) in [6.07, 6.45) is 11.2. The number of halogens is 1. The Kier molecular flexibility index (Phi) is 9.80. The summed E-state index contributed by atoms with van der Waals surface area (Å²) in [6.45, 7) is 9.51. The fourth-order valence-electron chi connectivity index (χ4n) is 5.15. The topological polar surface area (TPSA) is 74.0 Å². The lowest BCUT2D eigenvalue weighted by Crippen LogP contribution is -2.41. The van der Waals surface area contributed by atoms with Crippen LogP contribution >= 0.6 is 24.0 Å². The highest BCUT2D eigenvalue weighted by Crippen LogP contribution is 2.45. The zero-order chi connectivity index (χ0) is 19.1. The van der Waals surface area contributed by atoms with Crippen LogP contribution in [-0.2, 0) is 4.79 Å². The largest absolute Gasteiger partial charge is 0.369 e. The molecule has 1 spiro atoms. The number of hydrogen-bond acceptors (Lipinski definition) is 3. The molecule has 2 saturated heterocycles. The molecule has 2 aliphatic heterocycles. The summed E-state index contributed by atoms with van der Waals surface area (Å²) in [7, 11) is 0. The molecule has 28 heavy (non-hydrogen) atoms. The number of primary amides is 1. The van der Waals surface area contributed by atoms with Crippen LogP contribution in [0.4, 0.5) is 0 Å². The number of unbranched alkanes of at least 4 members (excludes halogenated alkanes) is 1. The van der Waals surface area contributed by atoms with Gasteiger partial charge in [0.25, 0.3) is 0 Å². The van der Waals surface area contributed by atoms with E-state index in [1.165, 1.54) is 51.6 Å². The van der Waals surface area contributed by atoms with E-state index in [1.807, 2.05) is 0 Å². The van der Waals surface area contributed by atoms with E-state index < -0.39 is 0 Å². The summed E-state index contributed by atoms with van der Waals surface area (Å²) in [5.74, 6) is 1.10. The maximum atomic E-state index is 11.2. The van der Waals surface area contributed by atoms with Crippen molar-refractivity contribution in [3.63, 3.8) is 0 Å². The van der Waals surface area contributed by atoms with Crippen molar-refractivity contribution in [2.24, 2.45) is 22.1 Å². The summed E-state index contributed by atoms with van der Waals surface area (Å²) in [5, 5.41) is 3.51. The van der Waals surface area contributed by atoms with Crippen molar-refractivity contribution in [2.45, 2.75) is 64.7 Å². The molecule has 0 bridgehead atoms. The lowest BCUT2D eigenvalue weighted by molar-refractivity contribution is -0.123. The van der Waals surface area contributed by atoms with Gasteiger partial charge in [-0.3, -0.25) is 9.79 Å². The molecule has 3 rings (SSSR count). The van der Waals surface area contributed by atoms with Crippen molar-refractivity contribution in [2.75, 3.05) is 45.8 Å². The van der Waals surface area contributed by atoms with Crippen LogP contribution in [0.15, 0.2) is 4.99 Å². The maximum absolute atomic E-state index is 11.2. The molecule has 0 radical (unpaired) electrons. The number of carbonyl (C=O) groups excluding carboxylic acids is 1. The Bertz CT molecular complexity index is 513. The molecule has 0 atom stereocenters. The van der Waals surface area contributed by atoms with Crippen LogP contribution in [0.2, 0.25) is 0 Å². The first-order valence-corrected chi connectivity index (χ1v) is 11.2. The number of likely N-dealkylation sites (tertiary alicyclic amines) is 2. The number of nitrogens with two attached hydrogens (primary N) is 1. The minimum Gasteiger partial charge on any atom is -0.369 e. The minimum absolute atomic E-state index is 0. The van der Waals surface area contributed by atoms with E-state index in [1.54, 1.807) is 0 Å². The normalized spacial score (nSPS) is 23.2. The maximum Gasteiger partial charge on any atom is 0.220 e. The van der Waals surface area contributed by atoms with Gasteiger partial charge in [0.05, 0.1) is 0 Å². The molecule has 3 fully saturated rings. The molecule has 1 amide bonds. The third kappa shape index (κ3) is 6.47. The molecule has 3 N–H and O–H groups in total. The van der Waals surface area contributed by atoms with Crippen molar-refractivity contribution in [3.8, 4) is 0 Å². The second-order valence-electron chi connectivity index (χ2n) is 8.84. The number of guanidine groups is 1. The molecule has 6 nitrogen and oxygen atoms in total. The molecular formula is C21H40IN5O. The van der Waals surface area contributed by atoms with E-state index in [9.17, 15) is 4.79 Å². The van der Waals surface area contributed by atoms with Crippen LogP contribution in [-0.4, -0.2) is 67.5 Å². The second-order valence-corrected chi connectivity index (χ2v) is 8.84. The van der Waals surface area contributed by atoms with Gasteiger partial charge >= 0.3 is 0 Å². The van der Waals surface area contributed by atoms with Crippen LogP contribution < -0.4 is 11.1 Å². The van der Waals surface area contributed by atoms with Gasteiger partial charge < -0.3 is 20.9 Å². The average Bonchev–Trinajstić information content (AvgIpc) is 3.31. The third-order valence-corrected chi connectivity index (χ3v) is 6.87. The van der Waals surface area contributed by atoms with Crippen LogP contribution in [0.25, 0.3) is 0 Å². The SMILES string of the molecule is CCNC(=NCCCCN1CCC(C(N)=O)CC1)N1CCC2(CCCC2)C1.I. The Morgan fingerprint density at radius 1 is 1.14 bits per heavy atom. The molecular weight excluding hydrogens is 465 g/mol. The van der Waals surface area contributed by atoms with Crippen molar-refractivity contribution in [1.29, 1.82) is 0 Å². The summed E-state index contributed by atoms with van der Waals surface area (Å²) < 4.78 is 0. The molecule has 0 aromatic carbocycles. The van der Waals surface area contributed by atoms with Crippen molar-refractivity contribution < 1.29 is 4.79 Å². The molecule has 162 valence electrons. The van der Waals surface area contributed by atoms with Crippen LogP contribution in [0.1, 0.15) is 64.7 Å². The molecule has 3 aliphatic rings. The van der Waals surface area contributed by atoms with Gasteiger partial charge in [-0.05, 0) is 76.9 Å². The van der Waals surface area contributed by atoms with Gasteiger partial charge in [-0.15, -0.1) is 24.0 Å². The predicted octanol–water partition coefficient (Wildman–Crippen LogP) is 2.81. The van der Waals surface area contributed by atoms with Gasteiger partial charge in [0, 0.05) is 32.1 Å². The lowest BCUT2D eigenvalue weighted by Gasteiger charge is -2.30. The van der Waals surface area contributed by atoms with Crippen molar-refractivity contribution in [1.82, 2.24) is 15.1 Å². The Balaban J connectivity index is 0.00000280. The van der Waals surface area contributed by atoms with E-state index in [0.29, 0.717) is 5.41 Å². The van der Waals surface area contributed by atoms with Crippen LogP contribution in [0.5, 0.6) is 0 Å². The molecule has 0 aromatic heterocycles. The van der Waals surface area contributed by atoms with E-state index >= 15 is 0 Å². The number of carbonyl (C=O) groups is 1. The zero-order valence-corrected chi connectivity index (χ0v) is 20.0. The summed E-state index contributed by atoms with van der Waals surface area (Å²) in [5.41, 5.74) is 6.00. The van der Waals surface area contributed by atoms with Gasteiger partial charge in [-0.2, -0.15) is 0 Å². The second kappa shape index (κ2) is 11.6. The van der Waals surface area contributed by atoms with Gasteiger partial charge in [-0.25, -0.2) is 0 Å². The number of aliphatic imine (C=N–C) groups is 1. The number of rotatable bonds is 7. The number of nitrogens with one attached hydrogen (secondary N) is 1. The Morgan fingerprint density at radius 2 is 1.86 bits per heavy atom. The Labute approximate surface area is 188 Å². The quantitative estimate of drug-likeness (QED) is 0.242. The molecule has 7 heteroatoms. The van der Waals surface area contributed by atoms with E-state index in [0.717, 1.165) is 57.9 Å². The highest BCUT2D eigenvalue weighted by molar-refractivity contribution is 14.0. The first-order valence-electron chi connectivity index (χ1n) is 11.2. The fraction of sp³-hybridized carbons (Fsp3) is 0.905. The van der Waals surface area contributed by atoms with Crippen molar-refractivity contribution in [3.05, 3.63) is 0 Å². The first-order chi connectivity index (χ1) is 13.1. The molecule has 0 aromatic rings. The highest BCUT2D eigenvalue weighted by atomic mass is 127. The monoisotopic (exact) mass is 505 g/mol. The third-order valence-electron chi connectivity index (χ3n) is 6.87. The number of amides is 1. The van der Waals surface area contributed by atoms with Gasteiger partial charge in [0.2, 0.25) is 5.91 Å². The van der Waals surface area contributed by atoms with Gasteiger partial charge in [-0.1, -0.05) is 12.8 Å². The fourth-order valence-corrected chi connectivity index (χ4v) is 5.15. The Hall–Kier alpha value is -0.570. The summed E-state index contributed by atoms with van der Waals surface area (Å²) in [6, 6.07) is 0. The molecule has 2 heterocycles. The van der Waals surface area contributed by atoms with E-state index in [4.69, 9.17) is 10.7 Å². The number of hydrogen-bond donors (Lipinski definition) is 2. The van der Waals surface area contributed by atoms with E-state index in [-0.39, 0.29) is 35.8 Å². The van der Waals surface area contributed by atoms with Crippen LogP contribution in [0, 0.1) is 11.3 Å². The minimum atomic E-state index is -0.124. The standard InChI is InChI=1S/C21H39N5O.HI/c1-2-23-20(26-16-11-21(17-26)9-3-4-10-21)24-12-5-6-13-25-14-7-18(8-15-25)19(22)27;/h18H,2-17H2,1H3,(H2,22,27)(H,23,24);1H. The van der Waals surface area contributed by atoms with Crippen molar-refractivity contribution >= 4 is 35.8 Å². The smallest absolute Gasteiger partial charge is 0.220 e. The molecule has 1 aliphatic carbocycles. The average molecular weight is 505 g/mol. The summed E-state index contributed by atoms with van der Waals surface area (Å²) in [4.78, 5) is 21.1. The van der Waals surface area contributed by atoms with Gasteiger partial charge in [0.15, 0.2) is 5.96 Å². The number of nitrogens with zero attached hydrogens (tertiary/aromatic N) is 3. The Morgan fingerprint density at radius 3 is 2.50 bits per heavy atom. The zero-order valence-electron chi connectivity index (χ0n) is 17.6. The van der Waals surface area contributed by atoms with Gasteiger partial charge in [0.1, 0.15) is 0 Å². The predicted molar refractivity (Wildman–Crippen MR) is 126 cm³/mol. The molecule has 0 unspecified atom stereocenters. The first kappa shape index (κ1) is 23.7. The lowest BCUT2D eigenvalue weighted by atomic mass is 9.86.